The topological polar surface area (TPSA) is 555 Å². The number of halogens is 2. The van der Waals surface area contributed by atoms with Gasteiger partial charge in [-0.15, -0.1) is 0 Å². The predicted octanol–water partition coefficient (Wildman–Crippen LogP) is 1.02. The number of phenols is 3. The van der Waals surface area contributed by atoms with E-state index in [2.05, 4.69) is 32.0 Å². The van der Waals surface area contributed by atoms with Gasteiger partial charge in [-0.3, -0.25) is 44.8 Å². The lowest BCUT2D eigenvalue weighted by atomic mass is 9.84. The van der Waals surface area contributed by atoms with Crippen LogP contribution in [0.1, 0.15) is 125 Å². The molecular formula is C66H79Cl2N9O24. The van der Waals surface area contributed by atoms with Crippen molar-refractivity contribution in [2.75, 3.05) is 6.61 Å². The lowest BCUT2D eigenvalue weighted by Crippen LogP contribution is -2.63. The third-order valence-corrected chi connectivity index (χ3v) is 17.7. The van der Waals surface area contributed by atoms with Crippen molar-refractivity contribution < 1.29 is 118 Å². The molecule has 33 nitrogen and oxygen atoms in total. The van der Waals surface area contributed by atoms with E-state index < -0.39 is 243 Å². The molecule has 0 saturated carbocycles. The number of carboxylic acid groups (broad SMARTS) is 1. The molecule has 4 unspecified atom stereocenters. The molecule has 1 saturated heterocycles. The molecule has 546 valence electrons. The normalized spacial score (nSPS) is 24.7. The maximum atomic E-state index is 15.7. The maximum absolute atomic E-state index is 15.7. The van der Waals surface area contributed by atoms with Crippen molar-refractivity contribution in [3.05, 3.63) is 117 Å². The van der Waals surface area contributed by atoms with E-state index >= 15 is 9.59 Å². The van der Waals surface area contributed by atoms with Crippen molar-refractivity contribution in [3.63, 3.8) is 0 Å². The van der Waals surface area contributed by atoms with E-state index in [9.17, 15) is 84.9 Å². The maximum Gasteiger partial charge on any atom is 0.330 e. The number of primary amides is 2. The second-order valence-corrected chi connectivity index (χ2v) is 26.3. The summed E-state index contributed by atoms with van der Waals surface area (Å²) in [5, 5.41) is 136. The molecule has 10 rings (SSSR count). The number of ether oxygens (including phenoxy) is 5. The first-order chi connectivity index (χ1) is 47.5. The van der Waals surface area contributed by atoms with E-state index in [-0.39, 0.29) is 34.8 Å². The molecule has 7 amide bonds. The van der Waals surface area contributed by atoms with Gasteiger partial charge in [-0.1, -0.05) is 69.1 Å². The van der Waals surface area contributed by atoms with Gasteiger partial charge < -0.3 is 118 Å². The molecule has 5 aliphatic heterocycles. The van der Waals surface area contributed by atoms with E-state index in [4.69, 9.17) is 64.2 Å². The Morgan fingerprint density at radius 2 is 1.36 bits per heavy atom. The van der Waals surface area contributed by atoms with Gasteiger partial charge in [0.25, 0.3) is 0 Å². The van der Waals surface area contributed by atoms with Crippen molar-refractivity contribution >= 4 is 70.5 Å². The minimum atomic E-state index is -2.34. The number of hydrazine groups is 1. The number of nitrogens with two attached hydrogens (primary N) is 3. The molecule has 5 aliphatic rings. The number of aliphatic carboxylic acids is 1. The first-order valence-corrected chi connectivity index (χ1v) is 32.2. The highest BCUT2D eigenvalue weighted by Crippen LogP contribution is 2.49. The van der Waals surface area contributed by atoms with Gasteiger partial charge in [0.15, 0.2) is 29.9 Å². The number of aliphatic hydroxyl groups excluding tert-OH is 7. The number of hydrogen-bond acceptors (Lipinski definition) is 25. The van der Waals surface area contributed by atoms with E-state index in [1.807, 2.05) is 13.8 Å². The minimum absolute atomic E-state index is 0.0240. The molecule has 35 heteroatoms. The van der Waals surface area contributed by atoms with Gasteiger partial charge in [0, 0.05) is 35.6 Å². The molecule has 0 aromatic heterocycles. The second kappa shape index (κ2) is 32.6. The summed E-state index contributed by atoms with van der Waals surface area (Å²) in [5.74, 6) is -10.4. The number of carbonyl (C=O) groups excluding carboxylic acids is 7. The zero-order valence-corrected chi connectivity index (χ0v) is 56.2. The van der Waals surface area contributed by atoms with Gasteiger partial charge in [-0.05, 0) is 102 Å². The van der Waals surface area contributed by atoms with E-state index in [0.717, 1.165) is 66.7 Å². The number of carboxylic acids is 1. The van der Waals surface area contributed by atoms with Crippen molar-refractivity contribution in [1.82, 2.24) is 32.0 Å². The Morgan fingerprint density at radius 1 is 0.733 bits per heavy atom. The van der Waals surface area contributed by atoms with Crippen LogP contribution >= 0.6 is 23.2 Å². The van der Waals surface area contributed by atoms with Gasteiger partial charge in [0.2, 0.25) is 53.4 Å². The molecular weight excluding hydrogens is 1370 g/mol. The fourth-order valence-corrected chi connectivity index (χ4v) is 12.1. The molecule has 5 heterocycles. The third kappa shape index (κ3) is 18.1. The van der Waals surface area contributed by atoms with Crippen LogP contribution < -0.4 is 63.5 Å². The molecule has 5 aromatic rings. The van der Waals surface area contributed by atoms with Crippen molar-refractivity contribution in [2.45, 2.75) is 158 Å². The summed E-state index contributed by atoms with van der Waals surface area (Å²) in [6.45, 7) is 7.37. The molecule has 5 aromatic carbocycles. The largest absolute Gasteiger partial charge is 0.508 e. The molecule has 15 atom stereocenters. The monoisotopic (exact) mass is 1450 g/mol. The number of amides is 7. The van der Waals surface area contributed by atoms with Crippen molar-refractivity contribution in [3.8, 4) is 57.1 Å². The fraction of sp³-hybridized carbons (Fsp3) is 0.424. The highest BCUT2D eigenvalue weighted by molar-refractivity contribution is 6.32. The number of fused-ring (bicyclic) bond motifs is 16. The van der Waals surface area contributed by atoms with Crippen LogP contribution in [0.15, 0.2) is 78.9 Å². The Balaban J connectivity index is 1.43. The standard InChI is InChI=1S/C66H79Cl2N9O24/c1-25(2)6-13-46(84)73-53-54(87)29-9-12-41(35(68)16-29)98-43-18-30-17-42(57(43)101-65-58(56(89)55(88)44(24-78)99-65)100-48(86)23-66(5,77-71)59(90)26(3)4)97-40-11-8-27(15-34(40)67)38(81)22-47(85)74-52(64(95)96)33-19-31(79)20-39(82)49(33)32-14-28(7-10-37(32)80)50(60(70)91)75-62(93)51(30)76-61(92)36(21-45(69)83)72-63(53)94/h7-12,14-20,25-26,36,38,44,48,50-56,58-59,65,77-82,86-90H,6,13,21-24,71H2,1-5H3,(H2,69,83)(H2,70,91)(H,72,94)(H,73,84)(H,74,85)(H,75,93)(H,76,92)(H,95,96)/t36-,38-,44+,48+,50+,51+,52-,53+,54+,55?,56?,58?,59-,65+,66?/m0/s1. The van der Waals surface area contributed by atoms with Gasteiger partial charge >= 0.3 is 5.97 Å². The zero-order valence-electron chi connectivity index (χ0n) is 54.7. The number of phenolic OH excluding ortho intramolecular Hbond substituents is 3. The predicted molar refractivity (Wildman–Crippen MR) is 353 cm³/mol. The van der Waals surface area contributed by atoms with E-state index in [0.29, 0.717) is 6.42 Å². The molecule has 23 N–H and O–H groups in total. The Kier molecular flexibility index (Phi) is 25.0. The quantitative estimate of drug-likeness (QED) is 0.0331. The molecule has 101 heavy (non-hydrogen) atoms. The first-order valence-electron chi connectivity index (χ1n) is 31.5. The summed E-state index contributed by atoms with van der Waals surface area (Å²) in [6.07, 6.45) is -19.6. The van der Waals surface area contributed by atoms with Crippen LogP contribution in [0.2, 0.25) is 10.0 Å². The molecule has 1 fully saturated rings. The van der Waals surface area contributed by atoms with E-state index in [1.54, 1.807) is 13.8 Å². The van der Waals surface area contributed by atoms with E-state index in [1.165, 1.54) is 19.1 Å². The molecule has 0 spiro atoms. The van der Waals surface area contributed by atoms with Gasteiger partial charge in [-0.25, -0.2) is 4.79 Å². The molecule has 9 bridgehead atoms. The highest BCUT2D eigenvalue weighted by atomic mass is 35.5. The number of aromatic hydroxyl groups is 3. The third-order valence-electron chi connectivity index (χ3n) is 17.1. The van der Waals surface area contributed by atoms with Gasteiger partial charge in [0.05, 0.1) is 47.2 Å². The molecule has 0 aliphatic carbocycles. The Labute approximate surface area is 585 Å². The second-order valence-electron chi connectivity index (χ2n) is 25.5. The van der Waals surface area contributed by atoms with Crippen LogP contribution in [0.5, 0.6) is 46.0 Å². The number of hydrogen-bond donors (Lipinski definition) is 20. The first kappa shape index (κ1) is 77.5. The fourth-order valence-electron chi connectivity index (χ4n) is 11.6. The lowest BCUT2D eigenvalue weighted by Gasteiger charge is -2.43. The van der Waals surface area contributed by atoms with Crippen molar-refractivity contribution in [1.29, 1.82) is 0 Å². The highest BCUT2D eigenvalue weighted by Gasteiger charge is 2.50. The number of rotatable bonds is 18. The van der Waals surface area contributed by atoms with Gasteiger partial charge in [0.1, 0.15) is 77.3 Å². The Bertz CT molecular complexity index is 3960. The minimum Gasteiger partial charge on any atom is -0.508 e. The summed E-state index contributed by atoms with van der Waals surface area (Å²) in [5.41, 5.74) is 9.79. The van der Waals surface area contributed by atoms with Crippen LogP contribution in [-0.2, 0) is 47.8 Å². The zero-order chi connectivity index (χ0) is 74.4. The smallest absolute Gasteiger partial charge is 0.330 e. The Hall–Kier alpha value is -9.20. The summed E-state index contributed by atoms with van der Waals surface area (Å²) >= 11 is 14.0. The average molecular weight is 1450 g/mol. The Morgan fingerprint density at radius 3 is 1.93 bits per heavy atom. The summed E-state index contributed by atoms with van der Waals surface area (Å²) in [6, 6.07) is 2.49. The van der Waals surface area contributed by atoms with Crippen LogP contribution in [-0.4, -0.2) is 171 Å². The number of carbonyl (C=O) groups is 8. The lowest BCUT2D eigenvalue weighted by molar-refractivity contribution is -0.314. The number of benzene rings is 5. The van der Waals surface area contributed by atoms with Gasteiger partial charge in [-0.2, -0.15) is 0 Å². The average Bonchev–Trinajstić information content (AvgIpc) is 0.778. The van der Waals surface area contributed by atoms with Crippen LogP contribution in [0.3, 0.4) is 0 Å². The molecule has 0 radical (unpaired) electrons. The summed E-state index contributed by atoms with van der Waals surface area (Å²) in [4.78, 5) is 113. The summed E-state index contributed by atoms with van der Waals surface area (Å²) < 4.78 is 31.7. The number of nitrogens with one attached hydrogen (secondary N) is 6. The summed E-state index contributed by atoms with van der Waals surface area (Å²) in [7, 11) is 0. The van der Waals surface area contributed by atoms with Crippen molar-refractivity contribution in [2.24, 2.45) is 29.1 Å². The SMILES string of the molecule is CC(C)CCC(=O)N[C@H]1C(=O)N[C@@H](CC(N)=O)C(=O)N[C@H]2C(=O)N[C@@H](C(N)=O)c3ccc(O)c(c3)-c3c(O)cc(O)cc3[C@@H](C(=O)O)NC(=O)C[C@H](O)c3ccc(c(Cl)c3)Oc3cc2cc(c3O[C@H]2O[C@H](CO)C(O)C(O)C2O[C@@H](O)CC(C)(NN)[C@@H](O)C(C)C)Oc2ccc(cc2Cl)[C@H]1O. The van der Waals surface area contributed by atoms with Crippen LogP contribution in [0.25, 0.3) is 11.1 Å². The van der Waals surface area contributed by atoms with Crippen LogP contribution in [0, 0.1) is 11.8 Å². The number of aliphatic hydroxyl groups is 7. The van der Waals surface area contributed by atoms with Crippen LogP contribution in [0.4, 0.5) is 0 Å².